The molecule has 0 unspecified atom stereocenters. The van der Waals surface area contributed by atoms with E-state index in [2.05, 4.69) is 0 Å². The number of ether oxygens (including phenoxy) is 1. The van der Waals surface area contributed by atoms with Crippen LogP contribution in [-0.2, 0) is 22.6 Å². The standard InChI is InChI=1S/C21H24F3NO4S/c1-29-17-6-8-18(9-7-17)30(27,28)25-12-10-20(15-26,11-13-25)14-16-4-2-3-5-19(16)21(22,23)24/h2-9,26H,10-15H2,1H3. The number of sulfonamides is 1. The maximum Gasteiger partial charge on any atom is 0.416 e. The fourth-order valence-corrected chi connectivity index (χ4v) is 5.28. The smallest absolute Gasteiger partial charge is 0.416 e. The Balaban J connectivity index is 1.77. The first-order valence-electron chi connectivity index (χ1n) is 9.51. The van der Waals surface area contributed by atoms with Crippen molar-refractivity contribution >= 4 is 10.0 Å². The van der Waals surface area contributed by atoms with Crippen LogP contribution in [0, 0.1) is 5.41 Å². The molecular weight excluding hydrogens is 419 g/mol. The van der Waals surface area contributed by atoms with Gasteiger partial charge in [-0.05, 0) is 55.2 Å². The average Bonchev–Trinajstić information content (AvgIpc) is 2.74. The van der Waals surface area contributed by atoms with Gasteiger partial charge in [-0.25, -0.2) is 8.42 Å². The number of hydrogen-bond donors (Lipinski definition) is 1. The zero-order valence-corrected chi connectivity index (χ0v) is 17.3. The van der Waals surface area contributed by atoms with Crippen molar-refractivity contribution in [2.45, 2.75) is 30.3 Å². The van der Waals surface area contributed by atoms with Crippen LogP contribution in [0.2, 0.25) is 0 Å². The Kier molecular flexibility index (Phi) is 6.45. The summed E-state index contributed by atoms with van der Waals surface area (Å²) in [5.74, 6) is 0.537. The first-order chi connectivity index (χ1) is 14.1. The van der Waals surface area contributed by atoms with E-state index in [9.17, 15) is 26.7 Å². The number of halogens is 3. The van der Waals surface area contributed by atoms with Crippen molar-refractivity contribution in [2.24, 2.45) is 5.41 Å². The highest BCUT2D eigenvalue weighted by atomic mass is 32.2. The van der Waals surface area contributed by atoms with Gasteiger partial charge in [-0.2, -0.15) is 17.5 Å². The molecule has 2 aromatic carbocycles. The summed E-state index contributed by atoms with van der Waals surface area (Å²) in [5, 5.41) is 10.00. The molecule has 0 aromatic heterocycles. The van der Waals surface area contributed by atoms with Crippen molar-refractivity contribution in [2.75, 3.05) is 26.8 Å². The van der Waals surface area contributed by atoms with Gasteiger partial charge in [-0.3, -0.25) is 0 Å². The molecule has 1 N–H and O–H groups in total. The lowest BCUT2D eigenvalue weighted by atomic mass is 9.74. The maximum atomic E-state index is 13.3. The second-order valence-electron chi connectivity index (χ2n) is 7.57. The zero-order valence-electron chi connectivity index (χ0n) is 16.5. The molecule has 0 radical (unpaired) electrons. The third-order valence-electron chi connectivity index (χ3n) is 5.70. The van der Waals surface area contributed by atoms with Crippen LogP contribution >= 0.6 is 0 Å². The Morgan fingerprint density at radius 1 is 1.07 bits per heavy atom. The lowest BCUT2D eigenvalue weighted by molar-refractivity contribution is -0.138. The highest BCUT2D eigenvalue weighted by molar-refractivity contribution is 7.89. The summed E-state index contributed by atoms with van der Waals surface area (Å²) < 4.78 is 72.2. The molecule has 0 spiro atoms. The predicted molar refractivity (Wildman–Crippen MR) is 106 cm³/mol. The third kappa shape index (κ3) is 4.63. The van der Waals surface area contributed by atoms with Crippen molar-refractivity contribution in [1.82, 2.24) is 4.31 Å². The molecule has 0 atom stereocenters. The van der Waals surface area contributed by atoms with E-state index in [1.165, 1.54) is 35.7 Å². The number of methoxy groups -OCH3 is 1. The number of aliphatic hydroxyl groups excluding tert-OH is 1. The molecule has 0 saturated carbocycles. The number of alkyl halides is 3. The van der Waals surface area contributed by atoms with Gasteiger partial charge in [0.2, 0.25) is 10.0 Å². The molecule has 1 aliphatic rings. The Hall–Kier alpha value is -2.10. The fraction of sp³-hybridized carbons (Fsp3) is 0.429. The summed E-state index contributed by atoms with van der Waals surface area (Å²) in [4.78, 5) is 0.127. The highest BCUT2D eigenvalue weighted by Gasteiger charge is 2.41. The molecule has 2 aromatic rings. The summed E-state index contributed by atoms with van der Waals surface area (Å²) in [7, 11) is -2.25. The molecule has 3 rings (SSSR count). The van der Waals surface area contributed by atoms with Crippen LogP contribution < -0.4 is 4.74 Å². The minimum absolute atomic E-state index is 0.0373. The van der Waals surface area contributed by atoms with E-state index in [4.69, 9.17) is 4.74 Å². The predicted octanol–water partition coefficient (Wildman–Crippen LogP) is 3.72. The van der Waals surface area contributed by atoms with Gasteiger partial charge in [0.15, 0.2) is 0 Å². The highest BCUT2D eigenvalue weighted by Crippen LogP contribution is 2.40. The molecule has 0 amide bonds. The molecule has 1 aliphatic heterocycles. The Labute approximate surface area is 174 Å². The molecule has 0 aliphatic carbocycles. The first-order valence-corrected chi connectivity index (χ1v) is 11.0. The molecular formula is C21H24F3NO4S. The lowest BCUT2D eigenvalue weighted by Gasteiger charge is -2.40. The van der Waals surface area contributed by atoms with Gasteiger partial charge >= 0.3 is 6.18 Å². The summed E-state index contributed by atoms with van der Waals surface area (Å²) in [6.07, 6.45) is -3.91. The van der Waals surface area contributed by atoms with Gasteiger partial charge in [-0.1, -0.05) is 18.2 Å². The molecule has 9 heteroatoms. The van der Waals surface area contributed by atoms with Gasteiger partial charge in [0.1, 0.15) is 5.75 Å². The number of benzene rings is 2. The summed E-state index contributed by atoms with van der Waals surface area (Å²) >= 11 is 0. The largest absolute Gasteiger partial charge is 0.497 e. The van der Waals surface area contributed by atoms with Gasteiger partial charge in [0.05, 0.1) is 17.6 Å². The van der Waals surface area contributed by atoms with Gasteiger partial charge < -0.3 is 9.84 Å². The van der Waals surface area contributed by atoms with Gasteiger partial charge in [0.25, 0.3) is 0 Å². The van der Waals surface area contributed by atoms with Crippen molar-refractivity contribution in [1.29, 1.82) is 0 Å². The molecule has 5 nitrogen and oxygen atoms in total. The number of piperidine rings is 1. The quantitative estimate of drug-likeness (QED) is 0.739. The normalized spacial score (nSPS) is 17.6. The van der Waals surface area contributed by atoms with Crippen LogP contribution in [0.25, 0.3) is 0 Å². The summed E-state index contributed by atoms with van der Waals surface area (Å²) in [5.41, 5.74) is -1.40. The van der Waals surface area contributed by atoms with Crippen LogP contribution in [0.4, 0.5) is 13.2 Å². The fourth-order valence-electron chi connectivity index (χ4n) is 3.84. The van der Waals surface area contributed by atoms with E-state index in [0.29, 0.717) is 5.75 Å². The SMILES string of the molecule is COc1ccc(S(=O)(=O)N2CCC(CO)(Cc3ccccc3C(F)(F)F)CC2)cc1. The summed E-state index contributed by atoms with van der Waals surface area (Å²) in [6.45, 7) is -0.0537. The Bertz CT molecular complexity index is 966. The maximum absolute atomic E-state index is 13.3. The van der Waals surface area contributed by atoms with E-state index in [1.807, 2.05) is 0 Å². The Morgan fingerprint density at radius 3 is 2.20 bits per heavy atom. The first kappa shape index (κ1) is 22.6. The van der Waals surface area contributed by atoms with Crippen molar-refractivity contribution in [3.63, 3.8) is 0 Å². The topological polar surface area (TPSA) is 66.8 Å². The molecule has 30 heavy (non-hydrogen) atoms. The number of aliphatic hydroxyl groups is 1. The monoisotopic (exact) mass is 443 g/mol. The average molecular weight is 443 g/mol. The van der Waals surface area contributed by atoms with E-state index >= 15 is 0 Å². The van der Waals surface area contributed by atoms with Crippen LogP contribution in [0.5, 0.6) is 5.75 Å². The minimum atomic E-state index is -4.48. The Morgan fingerprint density at radius 2 is 1.67 bits per heavy atom. The molecule has 0 bridgehead atoms. The third-order valence-corrected chi connectivity index (χ3v) is 7.62. The van der Waals surface area contributed by atoms with E-state index in [1.54, 1.807) is 18.2 Å². The lowest BCUT2D eigenvalue weighted by Crippen LogP contribution is -2.45. The van der Waals surface area contributed by atoms with Gasteiger partial charge in [0, 0.05) is 25.1 Å². The van der Waals surface area contributed by atoms with Crippen molar-refractivity contribution < 1.29 is 31.4 Å². The van der Waals surface area contributed by atoms with Crippen LogP contribution in [0.1, 0.15) is 24.0 Å². The number of nitrogens with zero attached hydrogens (tertiary/aromatic N) is 1. The molecule has 1 heterocycles. The second-order valence-corrected chi connectivity index (χ2v) is 9.51. The minimum Gasteiger partial charge on any atom is -0.497 e. The molecule has 164 valence electrons. The van der Waals surface area contributed by atoms with Crippen LogP contribution in [-0.4, -0.2) is 44.6 Å². The van der Waals surface area contributed by atoms with Crippen LogP contribution in [0.3, 0.4) is 0 Å². The molecule has 1 saturated heterocycles. The van der Waals surface area contributed by atoms with Crippen molar-refractivity contribution in [3.05, 3.63) is 59.7 Å². The number of rotatable bonds is 6. The number of hydrogen-bond acceptors (Lipinski definition) is 4. The van der Waals surface area contributed by atoms with E-state index < -0.39 is 27.2 Å². The van der Waals surface area contributed by atoms with Crippen LogP contribution in [0.15, 0.2) is 53.4 Å². The summed E-state index contributed by atoms with van der Waals surface area (Å²) in [6, 6.07) is 11.4. The van der Waals surface area contributed by atoms with E-state index in [0.717, 1.165) is 6.07 Å². The van der Waals surface area contributed by atoms with Gasteiger partial charge in [-0.15, -0.1) is 0 Å². The van der Waals surface area contributed by atoms with E-state index in [-0.39, 0.29) is 49.4 Å². The molecule has 1 fully saturated rings. The zero-order chi connectivity index (χ0) is 22.0. The van der Waals surface area contributed by atoms with Crippen molar-refractivity contribution in [3.8, 4) is 5.75 Å². The second kappa shape index (κ2) is 8.56.